The lowest BCUT2D eigenvalue weighted by Gasteiger charge is -2.29. The predicted octanol–water partition coefficient (Wildman–Crippen LogP) is 0.850. The number of aromatic nitrogens is 5. The highest BCUT2D eigenvalue weighted by molar-refractivity contribution is 5.35. The summed E-state index contributed by atoms with van der Waals surface area (Å²) in [6.07, 6.45) is 6.69. The zero-order chi connectivity index (χ0) is 15.3. The summed E-state index contributed by atoms with van der Waals surface area (Å²) in [7, 11) is 0. The molecule has 0 spiro atoms. The van der Waals surface area contributed by atoms with Crippen LogP contribution in [0.4, 0.5) is 11.9 Å². The first kappa shape index (κ1) is 15.2. The van der Waals surface area contributed by atoms with Crippen LogP contribution in [0.25, 0.3) is 5.95 Å². The molecule has 2 rings (SSSR count). The maximum absolute atomic E-state index is 9.58. The molecule has 0 bridgehead atoms. The molecule has 21 heavy (non-hydrogen) atoms. The van der Waals surface area contributed by atoms with Crippen molar-refractivity contribution in [2.75, 3.05) is 24.2 Å². The second-order valence-electron chi connectivity index (χ2n) is 5.01. The van der Waals surface area contributed by atoms with E-state index in [1.807, 2.05) is 0 Å². The summed E-state index contributed by atoms with van der Waals surface area (Å²) < 4.78 is 1.65. The average molecular weight is 291 g/mol. The highest BCUT2D eigenvalue weighted by atomic mass is 16.3. The fourth-order valence-electron chi connectivity index (χ4n) is 2.00. The van der Waals surface area contributed by atoms with Crippen molar-refractivity contribution in [1.29, 1.82) is 0 Å². The molecule has 0 aliphatic heterocycles. The number of imidazole rings is 1. The van der Waals surface area contributed by atoms with Crippen LogP contribution < -0.4 is 11.1 Å². The van der Waals surface area contributed by atoms with Gasteiger partial charge in [0.2, 0.25) is 17.8 Å². The molecule has 4 N–H and O–H groups in total. The van der Waals surface area contributed by atoms with E-state index in [1.54, 1.807) is 23.3 Å². The number of aliphatic hydroxyl groups is 1. The van der Waals surface area contributed by atoms with Crippen molar-refractivity contribution in [3.8, 4) is 5.95 Å². The molecule has 2 aromatic heterocycles. The molecule has 2 aromatic rings. The lowest BCUT2D eigenvalue weighted by Crippen LogP contribution is -2.33. The summed E-state index contributed by atoms with van der Waals surface area (Å²) in [5, 5.41) is 12.7. The number of nitrogens with zero attached hydrogens (tertiary/aromatic N) is 5. The molecule has 0 fully saturated rings. The number of rotatable bonds is 7. The molecule has 0 saturated heterocycles. The topological polar surface area (TPSA) is 115 Å². The molecule has 0 aromatic carbocycles. The summed E-state index contributed by atoms with van der Waals surface area (Å²) in [4.78, 5) is 16.4. The molecule has 0 amide bonds. The van der Waals surface area contributed by atoms with E-state index in [0.29, 0.717) is 18.4 Å². The van der Waals surface area contributed by atoms with E-state index in [-0.39, 0.29) is 18.0 Å². The quantitative estimate of drug-likeness (QED) is 0.692. The van der Waals surface area contributed by atoms with E-state index in [4.69, 9.17) is 5.73 Å². The number of aliphatic hydroxyl groups excluding tert-OH is 1. The first-order chi connectivity index (χ1) is 10.1. The Morgan fingerprint density at radius 2 is 2.05 bits per heavy atom. The Balaban J connectivity index is 2.17. The molecule has 0 unspecified atom stereocenters. The Morgan fingerprint density at radius 1 is 1.29 bits per heavy atom. The number of hydrogen-bond donors (Lipinski definition) is 3. The van der Waals surface area contributed by atoms with Crippen LogP contribution in [0, 0.1) is 5.41 Å². The largest absolute Gasteiger partial charge is 0.396 e. The first-order valence-corrected chi connectivity index (χ1v) is 6.97. The third-order valence-corrected chi connectivity index (χ3v) is 3.83. The number of nitrogen functional groups attached to an aromatic ring is 1. The van der Waals surface area contributed by atoms with Gasteiger partial charge in [-0.2, -0.15) is 15.0 Å². The molecule has 2 heterocycles. The van der Waals surface area contributed by atoms with Crippen molar-refractivity contribution in [3.63, 3.8) is 0 Å². The van der Waals surface area contributed by atoms with Gasteiger partial charge >= 0.3 is 0 Å². The monoisotopic (exact) mass is 291 g/mol. The van der Waals surface area contributed by atoms with Gasteiger partial charge in [0.05, 0.1) is 6.61 Å². The van der Waals surface area contributed by atoms with E-state index >= 15 is 0 Å². The number of nitrogens with one attached hydrogen (secondary N) is 1. The Labute approximate surface area is 123 Å². The molecular formula is C13H21N7O. The van der Waals surface area contributed by atoms with Gasteiger partial charge in [0.25, 0.3) is 0 Å². The van der Waals surface area contributed by atoms with Crippen molar-refractivity contribution >= 4 is 11.9 Å². The number of nitrogens with two attached hydrogens (primary N) is 1. The summed E-state index contributed by atoms with van der Waals surface area (Å²) in [5.74, 6) is 0.940. The van der Waals surface area contributed by atoms with Gasteiger partial charge in [-0.15, -0.1) is 0 Å². The number of anilines is 2. The van der Waals surface area contributed by atoms with Crippen LogP contribution in [0.5, 0.6) is 0 Å². The SMILES string of the molecule is CCC(CC)(CO)CNc1nc(N)nc(-n2ccnc2)n1. The fourth-order valence-corrected chi connectivity index (χ4v) is 2.00. The Morgan fingerprint density at radius 3 is 2.62 bits per heavy atom. The fraction of sp³-hybridized carbons (Fsp3) is 0.538. The lowest BCUT2D eigenvalue weighted by atomic mass is 9.83. The highest BCUT2D eigenvalue weighted by Crippen LogP contribution is 2.25. The first-order valence-electron chi connectivity index (χ1n) is 6.97. The van der Waals surface area contributed by atoms with E-state index in [2.05, 4.69) is 39.1 Å². The van der Waals surface area contributed by atoms with Crippen molar-refractivity contribution in [2.45, 2.75) is 26.7 Å². The predicted molar refractivity (Wildman–Crippen MR) is 80.0 cm³/mol. The van der Waals surface area contributed by atoms with Crippen LogP contribution in [-0.2, 0) is 0 Å². The average Bonchev–Trinajstić information content (AvgIpc) is 3.03. The smallest absolute Gasteiger partial charge is 0.241 e. The van der Waals surface area contributed by atoms with Crippen molar-refractivity contribution in [3.05, 3.63) is 18.7 Å². The van der Waals surface area contributed by atoms with Gasteiger partial charge in [-0.3, -0.25) is 4.57 Å². The van der Waals surface area contributed by atoms with Crippen LogP contribution in [-0.4, -0.2) is 42.8 Å². The van der Waals surface area contributed by atoms with Gasteiger partial charge in [0.1, 0.15) is 6.33 Å². The summed E-state index contributed by atoms with van der Waals surface area (Å²) >= 11 is 0. The van der Waals surface area contributed by atoms with E-state index < -0.39 is 0 Å². The molecule has 8 nitrogen and oxygen atoms in total. The number of hydrogen-bond acceptors (Lipinski definition) is 7. The molecule has 0 saturated carbocycles. The van der Waals surface area contributed by atoms with Crippen molar-refractivity contribution < 1.29 is 5.11 Å². The van der Waals surface area contributed by atoms with Crippen molar-refractivity contribution in [2.24, 2.45) is 5.41 Å². The van der Waals surface area contributed by atoms with E-state index in [0.717, 1.165) is 12.8 Å². The van der Waals surface area contributed by atoms with Gasteiger partial charge in [-0.05, 0) is 12.8 Å². The molecule has 0 aliphatic rings. The van der Waals surface area contributed by atoms with Gasteiger partial charge in [-0.1, -0.05) is 13.8 Å². The van der Waals surface area contributed by atoms with Gasteiger partial charge in [-0.25, -0.2) is 4.98 Å². The zero-order valence-corrected chi connectivity index (χ0v) is 12.3. The van der Waals surface area contributed by atoms with E-state index in [1.165, 1.54) is 0 Å². The van der Waals surface area contributed by atoms with Crippen LogP contribution in [0.2, 0.25) is 0 Å². The second kappa shape index (κ2) is 6.49. The van der Waals surface area contributed by atoms with Gasteiger partial charge in [0, 0.05) is 24.4 Å². The van der Waals surface area contributed by atoms with Crippen molar-refractivity contribution in [1.82, 2.24) is 24.5 Å². The maximum atomic E-state index is 9.58. The highest BCUT2D eigenvalue weighted by Gasteiger charge is 2.25. The Kier molecular flexibility index (Phi) is 4.69. The molecule has 0 radical (unpaired) electrons. The maximum Gasteiger partial charge on any atom is 0.241 e. The Bertz CT molecular complexity index is 558. The molecular weight excluding hydrogens is 270 g/mol. The van der Waals surface area contributed by atoms with Crippen LogP contribution in [0.15, 0.2) is 18.7 Å². The van der Waals surface area contributed by atoms with Gasteiger partial charge in [0.15, 0.2) is 0 Å². The third-order valence-electron chi connectivity index (χ3n) is 3.83. The van der Waals surface area contributed by atoms with Crippen LogP contribution in [0.1, 0.15) is 26.7 Å². The minimum absolute atomic E-state index is 0.113. The van der Waals surface area contributed by atoms with Crippen LogP contribution in [0.3, 0.4) is 0 Å². The summed E-state index contributed by atoms with van der Waals surface area (Å²) in [6, 6.07) is 0. The minimum atomic E-state index is -0.184. The minimum Gasteiger partial charge on any atom is -0.396 e. The molecule has 0 atom stereocenters. The standard InChI is InChI=1S/C13H21N7O/c1-3-13(4-2,8-21)7-16-11-17-10(14)18-12(19-11)20-6-5-15-9-20/h5-6,9,21H,3-4,7-8H2,1-2H3,(H3,14,16,17,18,19). The molecule has 0 aliphatic carbocycles. The summed E-state index contributed by atoms with van der Waals surface area (Å²) in [5.41, 5.74) is 5.53. The molecule has 8 heteroatoms. The third kappa shape index (κ3) is 3.46. The summed E-state index contributed by atoms with van der Waals surface area (Å²) in [6.45, 7) is 4.80. The van der Waals surface area contributed by atoms with Crippen LogP contribution >= 0.6 is 0 Å². The Hall–Kier alpha value is -2.22. The second-order valence-corrected chi connectivity index (χ2v) is 5.01. The lowest BCUT2D eigenvalue weighted by molar-refractivity contribution is 0.127. The normalized spacial score (nSPS) is 11.6. The van der Waals surface area contributed by atoms with Gasteiger partial charge < -0.3 is 16.2 Å². The molecule has 114 valence electrons. The van der Waals surface area contributed by atoms with E-state index in [9.17, 15) is 5.11 Å². The zero-order valence-electron chi connectivity index (χ0n) is 12.3.